The number of carbonyl (C=O) groups is 1. The van der Waals surface area contributed by atoms with Gasteiger partial charge in [0, 0.05) is 43.8 Å². The maximum Gasteiger partial charge on any atom is 0.274 e. The number of amides is 1. The molecule has 26 heavy (non-hydrogen) atoms. The second-order valence-electron chi connectivity index (χ2n) is 6.43. The number of hydrogen-bond acceptors (Lipinski definition) is 5. The van der Waals surface area contributed by atoms with Crippen LogP contribution in [-0.4, -0.2) is 48.6 Å². The van der Waals surface area contributed by atoms with Crippen LogP contribution in [0, 0.1) is 0 Å². The highest BCUT2D eigenvalue weighted by molar-refractivity contribution is 5.92. The highest BCUT2D eigenvalue weighted by Gasteiger charge is 2.28. The molecule has 1 aliphatic rings. The van der Waals surface area contributed by atoms with Crippen LogP contribution in [0.25, 0.3) is 0 Å². The van der Waals surface area contributed by atoms with Crippen LogP contribution in [0.5, 0.6) is 0 Å². The lowest BCUT2D eigenvalue weighted by molar-refractivity contribution is 0.0696. The van der Waals surface area contributed by atoms with Gasteiger partial charge < -0.3 is 9.47 Å². The molecular weight excluding hydrogens is 328 g/mol. The molecule has 1 fully saturated rings. The molecule has 3 aromatic rings. The van der Waals surface area contributed by atoms with Crippen molar-refractivity contribution in [2.45, 2.75) is 25.3 Å². The van der Waals surface area contributed by atoms with Gasteiger partial charge in [0.25, 0.3) is 5.91 Å². The molecule has 0 spiro atoms. The Balaban J connectivity index is 1.50. The summed E-state index contributed by atoms with van der Waals surface area (Å²) < 4.78 is 2.13. The number of aromatic nitrogens is 5. The smallest absolute Gasteiger partial charge is 0.274 e. The zero-order chi connectivity index (χ0) is 17.8. The summed E-state index contributed by atoms with van der Waals surface area (Å²) in [5.41, 5.74) is 1.39. The van der Waals surface area contributed by atoms with Gasteiger partial charge in [0.15, 0.2) is 5.69 Å². The summed E-state index contributed by atoms with van der Waals surface area (Å²) in [4.78, 5) is 23.5. The predicted octanol–water partition coefficient (Wildman–Crippen LogP) is 2.14. The van der Waals surface area contributed by atoms with Crippen molar-refractivity contribution in [3.8, 4) is 0 Å². The largest absolute Gasteiger partial charge is 0.337 e. The molecule has 0 saturated carbocycles. The molecule has 0 N–H and O–H groups in total. The van der Waals surface area contributed by atoms with Crippen molar-refractivity contribution >= 4 is 5.91 Å². The fourth-order valence-corrected chi connectivity index (χ4v) is 3.43. The number of nitrogens with zero attached hydrogens (tertiary/aromatic N) is 6. The molecule has 7 nitrogen and oxygen atoms in total. The zero-order valence-corrected chi connectivity index (χ0v) is 14.4. The molecule has 132 valence electrons. The summed E-state index contributed by atoms with van der Waals surface area (Å²) in [5.74, 6) is 1.15. The van der Waals surface area contributed by atoms with Crippen molar-refractivity contribution < 1.29 is 4.79 Å². The van der Waals surface area contributed by atoms with E-state index in [9.17, 15) is 4.79 Å². The number of carbonyl (C=O) groups excluding carboxylic acids is 1. The van der Waals surface area contributed by atoms with Gasteiger partial charge in [-0.15, -0.1) is 5.10 Å². The van der Waals surface area contributed by atoms with Crippen LogP contribution in [0.3, 0.4) is 0 Å². The molecule has 0 radical (unpaired) electrons. The van der Waals surface area contributed by atoms with Crippen molar-refractivity contribution in [1.29, 1.82) is 0 Å². The maximum absolute atomic E-state index is 12.7. The average Bonchev–Trinajstić information content (AvgIpc) is 3.17. The fraction of sp³-hybridized carbons (Fsp3) is 0.316. The first-order chi connectivity index (χ1) is 12.8. The Morgan fingerprint density at radius 3 is 2.88 bits per heavy atom. The highest BCUT2D eigenvalue weighted by Crippen LogP contribution is 2.27. The summed E-state index contributed by atoms with van der Waals surface area (Å²) in [6, 6.07) is 9.35. The molecule has 4 heterocycles. The first kappa shape index (κ1) is 16.4. The van der Waals surface area contributed by atoms with Gasteiger partial charge >= 0.3 is 0 Å². The van der Waals surface area contributed by atoms with Crippen LogP contribution in [0.15, 0.2) is 55.1 Å². The number of hydrogen-bond donors (Lipinski definition) is 0. The molecular formula is C19H20N6O. The van der Waals surface area contributed by atoms with Crippen LogP contribution in [0.1, 0.15) is 40.8 Å². The Morgan fingerprint density at radius 2 is 2.08 bits per heavy atom. The summed E-state index contributed by atoms with van der Waals surface area (Å²) in [6.07, 6.45) is 9.14. The van der Waals surface area contributed by atoms with Crippen LogP contribution < -0.4 is 0 Å². The standard InChI is InChI=1S/C19H20N6O/c26-19(17-7-3-9-22-23-17)25-11-4-5-15(13-25)18-21-10-12-24(18)14-16-6-1-2-8-20-16/h1-3,6-10,12,15H,4-5,11,13-14H2/t15-/m0/s1. The molecule has 1 aliphatic heterocycles. The highest BCUT2D eigenvalue weighted by atomic mass is 16.2. The number of rotatable bonds is 4. The van der Waals surface area contributed by atoms with E-state index in [-0.39, 0.29) is 11.8 Å². The molecule has 0 aliphatic carbocycles. The zero-order valence-electron chi connectivity index (χ0n) is 14.4. The molecule has 1 saturated heterocycles. The molecule has 4 rings (SSSR count). The van der Waals surface area contributed by atoms with Crippen LogP contribution >= 0.6 is 0 Å². The van der Waals surface area contributed by atoms with E-state index in [1.54, 1.807) is 24.5 Å². The predicted molar refractivity (Wildman–Crippen MR) is 95.5 cm³/mol. The van der Waals surface area contributed by atoms with Crippen LogP contribution in [-0.2, 0) is 6.54 Å². The lowest BCUT2D eigenvalue weighted by atomic mass is 9.96. The molecule has 0 bridgehead atoms. The first-order valence-corrected chi connectivity index (χ1v) is 8.79. The quantitative estimate of drug-likeness (QED) is 0.722. The van der Waals surface area contributed by atoms with E-state index in [1.807, 2.05) is 35.5 Å². The number of imidazole rings is 1. The van der Waals surface area contributed by atoms with E-state index >= 15 is 0 Å². The van der Waals surface area contributed by atoms with E-state index in [0.29, 0.717) is 18.8 Å². The van der Waals surface area contributed by atoms with Gasteiger partial charge in [0.2, 0.25) is 0 Å². The fourth-order valence-electron chi connectivity index (χ4n) is 3.43. The van der Waals surface area contributed by atoms with Crippen molar-refractivity contribution in [3.05, 3.63) is 72.3 Å². The number of piperidine rings is 1. The van der Waals surface area contributed by atoms with Crippen molar-refractivity contribution in [2.75, 3.05) is 13.1 Å². The number of pyridine rings is 1. The Morgan fingerprint density at radius 1 is 1.12 bits per heavy atom. The van der Waals surface area contributed by atoms with E-state index in [4.69, 9.17) is 0 Å². The number of likely N-dealkylation sites (tertiary alicyclic amines) is 1. The van der Waals surface area contributed by atoms with Gasteiger partial charge in [0.05, 0.1) is 12.2 Å². The normalized spacial score (nSPS) is 17.2. The second kappa shape index (κ2) is 7.43. The van der Waals surface area contributed by atoms with Gasteiger partial charge in [-0.1, -0.05) is 6.07 Å². The third kappa shape index (κ3) is 3.46. The average molecular weight is 348 g/mol. The Bertz CT molecular complexity index is 864. The van der Waals surface area contributed by atoms with Crippen molar-refractivity contribution in [2.24, 2.45) is 0 Å². The van der Waals surface area contributed by atoms with Gasteiger partial charge in [-0.05, 0) is 37.1 Å². The minimum absolute atomic E-state index is 0.0642. The molecule has 0 unspecified atom stereocenters. The van der Waals surface area contributed by atoms with Gasteiger partial charge in [0.1, 0.15) is 5.82 Å². The molecule has 0 aromatic carbocycles. The Hall–Kier alpha value is -3.09. The minimum atomic E-state index is -0.0642. The lowest BCUT2D eigenvalue weighted by Gasteiger charge is -2.32. The van der Waals surface area contributed by atoms with E-state index in [2.05, 4.69) is 24.7 Å². The summed E-state index contributed by atoms with van der Waals surface area (Å²) in [6.45, 7) is 2.08. The Kier molecular flexibility index (Phi) is 4.68. The second-order valence-corrected chi connectivity index (χ2v) is 6.43. The molecule has 1 atom stereocenters. The third-order valence-electron chi connectivity index (χ3n) is 4.67. The topological polar surface area (TPSA) is 76.8 Å². The molecule has 1 amide bonds. The van der Waals surface area contributed by atoms with E-state index in [1.165, 1.54) is 0 Å². The van der Waals surface area contributed by atoms with E-state index in [0.717, 1.165) is 30.9 Å². The van der Waals surface area contributed by atoms with Crippen LogP contribution in [0.2, 0.25) is 0 Å². The monoisotopic (exact) mass is 348 g/mol. The van der Waals surface area contributed by atoms with Crippen LogP contribution in [0.4, 0.5) is 0 Å². The lowest BCUT2D eigenvalue weighted by Crippen LogP contribution is -2.40. The summed E-state index contributed by atoms with van der Waals surface area (Å²) >= 11 is 0. The Labute approximate surface area is 151 Å². The third-order valence-corrected chi connectivity index (χ3v) is 4.67. The van der Waals surface area contributed by atoms with Gasteiger partial charge in [-0.2, -0.15) is 5.10 Å². The molecule has 7 heteroatoms. The summed E-state index contributed by atoms with van der Waals surface area (Å²) in [5, 5.41) is 7.75. The van der Waals surface area contributed by atoms with Gasteiger partial charge in [-0.3, -0.25) is 9.78 Å². The summed E-state index contributed by atoms with van der Waals surface area (Å²) in [7, 11) is 0. The minimum Gasteiger partial charge on any atom is -0.337 e. The first-order valence-electron chi connectivity index (χ1n) is 8.79. The van der Waals surface area contributed by atoms with Gasteiger partial charge in [-0.25, -0.2) is 4.98 Å². The van der Waals surface area contributed by atoms with E-state index < -0.39 is 0 Å². The molecule has 3 aromatic heterocycles. The SMILES string of the molecule is O=C(c1cccnn1)N1CCC[C@H](c2nccn2Cc2ccccn2)C1. The maximum atomic E-state index is 12.7. The van der Waals surface area contributed by atoms with Crippen molar-refractivity contribution in [1.82, 2.24) is 29.6 Å². The van der Waals surface area contributed by atoms with Crippen molar-refractivity contribution in [3.63, 3.8) is 0 Å².